The lowest BCUT2D eigenvalue weighted by atomic mass is 9.94. The zero-order valence-electron chi connectivity index (χ0n) is 12.1. The van der Waals surface area contributed by atoms with Crippen LogP contribution >= 0.6 is 11.3 Å². The summed E-state index contributed by atoms with van der Waals surface area (Å²) in [6, 6.07) is 3.70. The number of carbonyl (C=O) groups excluding carboxylic acids is 1. The van der Waals surface area contributed by atoms with E-state index in [0.717, 1.165) is 10.2 Å². The number of benzene rings is 1. The first-order valence-electron chi connectivity index (χ1n) is 6.50. The number of hydrogen-bond donors (Lipinski definition) is 1. The third kappa shape index (κ3) is 2.66. The van der Waals surface area contributed by atoms with Gasteiger partial charge >= 0.3 is 0 Å². The van der Waals surface area contributed by atoms with Gasteiger partial charge in [-0.15, -0.1) is 0 Å². The van der Waals surface area contributed by atoms with Crippen LogP contribution in [0.2, 0.25) is 0 Å². The van der Waals surface area contributed by atoms with Crippen LogP contribution < -0.4 is 14.8 Å². The molecule has 7 heteroatoms. The van der Waals surface area contributed by atoms with Crippen LogP contribution in [-0.4, -0.2) is 31.4 Å². The molecule has 1 amide bonds. The number of carbonyl (C=O) groups is 1. The number of rotatable bonds is 4. The van der Waals surface area contributed by atoms with Crippen LogP contribution in [0.4, 0.5) is 5.13 Å². The Kier molecular flexibility index (Phi) is 3.46. The summed E-state index contributed by atoms with van der Waals surface area (Å²) in [4.78, 5) is 16.6. The standard InChI is InChI=1S/C14H16N2O4S/c1-14(2,6-18-3)12(17)16-13-15-8-4-9-10(20-7-19-9)5-11(8)21-13/h4-5H,6-7H2,1-3H3,(H,15,16,17). The second-order valence-corrected chi connectivity index (χ2v) is 6.49. The molecule has 0 saturated heterocycles. The number of nitrogens with one attached hydrogen (secondary N) is 1. The van der Waals surface area contributed by atoms with Gasteiger partial charge in [0.25, 0.3) is 0 Å². The molecule has 0 fully saturated rings. The van der Waals surface area contributed by atoms with Crippen molar-refractivity contribution in [2.75, 3.05) is 25.8 Å². The molecule has 2 heterocycles. The summed E-state index contributed by atoms with van der Waals surface area (Å²) in [6.45, 7) is 4.24. The smallest absolute Gasteiger partial charge is 0.234 e. The van der Waals surface area contributed by atoms with E-state index in [4.69, 9.17) is 14.2 Å². The monoisotopic (exact) mass is 308 g/mol. The number of methoxy groups -OCH3 is 1. The molecule has 0 spiro atoms. The fourth-order valence-corrected chi connectivity index (χ4v) is 2.94. The van der Waals surface area contributed by atoms with Crippen molar-refractivity contribution in [2.45, 2.75) is 13.8 Å². The highest BCUT2D eigenvalue weighted by molar-refractivity contribution is 7.22. The third-order valence-corrected chi connectivity index (χ3v) is 4.16. The number of anilines is 1. The molecule has 0 radical (unpaired) electrons. The van der Waals surface area contributed by atoms with Gasteiger partial charge in [-0.3, -0.25) is 4.79 Å². The van der Waals surface area contributed by atoms with E-state index in [0.29, 0.717) is 23.2 Å². The number of thiazole rings is 1. The first kappa shape index (κ1) is 14.1. The zero-order valence-corrected chi connectivity index (χ0v) is 12.9. The Hall–Kier alpha value is -1.86. The number of aromatic nitrogens is 1. The predicted octanol–water partition coefficient (Wildman–Crippen LogP) is 2.64. The van der Waals surface area contributed by atoms with E-state index in [1.165, 1.54) is 11.3 Å². The predicted molar refractivity (Wildman–Crippen MR) is 80.0 cm³/mol. The number of ether oxygens (including phenoxy) is 3. The average molecular weight is 308 g/mol. The van der Waals surface area contributed by atoms with Crippen LogP contribution in [-0.2, 0) is 9.53 Å². The lowest BCUT2D eigenvalue weighted by molar-refractivity contribution is -0.126. The van der Waals surface area contributed by atoms with Crippen LogP contribution in [0.3, 0.4) is 0 Å². The zero-order chi connectivity index (χ0) is 15.0. The minimum absolute atomic E-state index is 0.122. The summed E-state index contributed by atoms with van der Waals surface area (Å²) in [5, 5.41) is 3.40. The molecule has 0 saturated carbocycles. The van der Waals surface area contributed by atoms with Crippen molar-refractivity contribution in [3.63, 3.8) is 0 Å². The van der Waals surface area contributed by atoms with E-state index in [1.54, 1.807) is 7.11 Å². The normalized spacial score (nSPS) is 13.7. The summed E-state index contributed by atoms with van der Waals surface area (Å²) in [5.74, 6) is 1.28. The second-order valence-electron chi connectivity index (χ2n) is 5.46. The maximum Gasteiger partial charge on any atom is 0.234 e. The van der Waals surface area contributed by atoms with Crippen molar-refractivity contribution < 1.29 is 19.0 Å². The van der Waals surface area contributed by atoms with Gasteiger partial charge in [0.2, 0.25) is 12.7 Å². The molecule has 1 N–H and O–H groups in total. The van der Waals surface area contributed by atoms with Crippen molar-refractivity contribution in [3.8, 4) is 11.5 Å². The van der Waals surface area contributed by atoms with Crippen LogP contribution in [0, 0.1) is 5.41 Å². The van der Waals surface area contributed by atoms with Gasteiger partial charge in [-0.2, -0.15) is 0 Å². The van der Waals surface area contributed by atoms with Crippen molar-refractivity contribution in [2.24, 2.45) is 5.41 Å². The van der Waals surface area contributed by atoms with Gasteiger partial charge in [0.05, 0.1) is 22.2 Å². The highest BCUT2D eigenvalue weighted by Crippen LogP contribution is 2.39. The van der Waals surface area contributed by atoms with E-state index >= 15 is 0 Å². The summed E-state index contributed by atoms with van der Waals surface area (Å²) in [7, 11) is 1.58. The molecule has 3 rings (SSSR count). The molecule has 6 nitrogen and oxygen atoms in total. The van der Waals surface area contributed by atoms with Gasteiger partial charge in [0.1, 0.15) is 0 Å². The van der Waals surface area contributed by atoms with E-state index in [2.05, 4.69) is 10.3 Å². The van der Waals surface area contributed by atoms with Crippen LogP contribution in [0.1, 0.15) is 13.8 Å². The molecule has 112 valence electrons. The Labute approximate surface area is 126 Å². The molecule has 1 aliphatic heterocycles. The lowest BCUT2D eigenvalue weighted by Gasteiger charge is -2.21. The minimum atomic E-state index is -0.611. The van der Waals surface area contributed by atoms with Gasteiger partial charge < -0.3 is 19.5 Å². The summed E-state index contributed by atoms with van der Waals surface area (Å²) in [6.07, 6.45) is 0. The number of nitrogens with zero attached hydrogens (tertiary/aromatic N) is 1. The molecule has 21 heavy (non-hydrogen) atoms. The fourth-order valence-electron chi connectivity index (χ4n) is 2.06. The Morgan fingerprint density at radius 3 is 2.86 bits per heavy atom. The van der Waals surface area contributed by atoms with Crippen molar-refractivity contribution in [1.82, 2.24) is 4.98 Å². The summed E-state index contributed by atoms with van der Waals surface area (Å²) in [5.41, 5.74) is 0.171. The molecule has 0 atom stereocenters. The van der Waals surface area contributed by atoms with E-state index in [-0.39, 0.29) is 12.7 Å². The van der Waals surface area contributed by atoms with E-state index in [9.17, 15) is 4.79 Å². The van der Waals surface area contributed by atoms with E-state index < -0.39 is 5.41 Å². The minimum Gasteiger partial charge on any atom is -0.454 e. The highest BCUT2D eigenvalue weighted by atomic mass is 32.1. The Morgan fingerprint density at radius 1 is 1.43 bits per heavy atom. The molecule has 1 aromatic carbocycles. The van der Waals surface area contributed by atoms with Gasteiger partial charge in [0, 0.05) is 19.2 Å². The number of hydrogen-bond acceptors (Lipinski definition) is 6. The molecular weight excluding hydrogens is 292 g/mol. The van der Waals surface area contributed by atoms with Gasteiger partial charge in [0.15, 0.2) is 16.6 Å². The van der Waals surface area contributed by atoms with Crippen LogP contribution in [0.15, 0.2) is 12.1 Å². The summed E-state index contributed by atoms with van der Waals surface area (Å²) >= 11 is 1.41. The van der Waals surface area contributed by atoms with Gasteiger partial charge in [-0.05, 0) is 13.8 Å². The molecule has 2 aromatic rings. The largest absolute Gasteiger partial charge is 0.454 e. The Balaban J connectivity index is 1.84. The Bertz CT molecular complexity index is 655. The second kappa shape index (κ2) is 5.16. The number of fused-ring (bicyclic) bond motifs is 2. The lowest BCUT2D eigenvalue weighted by Crippen LogP contribution is -2.34. The quantitative estimate of drug-likeness (QED) is 0.940. The molecular formula is C14H16N2O4S. The molecule has 0 unspecified atom stereocenters. The first-order chi connectivity index (χ1) is 9.99. The van der Waals surface area contributed by atoms with Crippen LogP contribution in [0.5, 0.6) is 11.5 Å². The molecule has 1 aromatic heterocycles. The first-order valence-corrected chi connectivity index (χ1v) is 7.32. The van der Waals surface area contributed by atoms with Crippen molar-refractivity contribution in [3.05, 3.63) is 12.1 Å². The summed E-state index contributed by atoms with van der Waals surface area (Å²) < 4.78 is 16.7. The van der Waals surface area contributed by atoms with Crippen LogP contribution in [0.25, 0.3) is 10.2 Å². The highest BCUT2D eigenvalue weighted by Gasteiger charge is 2.28. The SMILES string of the molecule is COCC(C)(C)C(=O)Nc1nc2cc3c(cc2s1)OCO3. The topological polar surface area (TPSA) is 69.7 Å². The third-order valence-electron chi connectivity index (χ3n) is 3.22. The maximum absolute atomic E-state index is 12.2. The van der Waals surface area contributed by atoms with E-state index in [1.807, 2.05) is 26.0 Å². The Morgan fingerprint density at radius 2 is 2.14 bits per heavy atom. The average Bonchev–Trinajstić information content (AvgIpc) is 3.00. The van der Waals surface area contributed by atoms with Gasteiger partial charge in [-0.25, -0.2) is 4.98 Å². The fraction of sp³-hybridized carbons (Fsp3) is 0.429. The molecule has 0 aliphatic carbocycles. The van der Waals surface area contributed by atoms with Gasteiger partial charge in [-0.1, -0.05) is 11.3 Å². The molecule has 0 bridgehead atoms. The molecule has 1 aliphatic rings. The van der Waals surface area contributed by atoms with Crippen molar-refractivity contribution >= 4 is 32.6 Å². The number of amides is 1. The van der Waals surface area contributed by atoms with Crippen molar-refractivity contribution in [1.29, 1.82) is 0 Å². The maximum atomic E-state index is 12.2.